The molecule has 0 bridgehead atoms. The van der Waals surface area contributed by atoms with Crippen molar-refractivity contribution >= 4 is 39.0 Å². The van der Waals surface area contributed by atoms with Crippen LogP contribution in [0, 0.1) is 0 Å². The number of benzene rings is 3. The number of pyridine rings is 2. The molecule has 0 atom stereocenters. The zero-order valence-electron chi connectivity index (χ0n) is 23.7. The Morgan fingerprint density at radius 1 is 0.568 bits per heavy atom. The topological polar surface area (TPSA) is 74.3 Å². The van der Waals surface area contributed by atoms with E-state index in [1.807, 2.05) is 79.1 Å². The molecule has 0 unspecified atom stereocenters. The van der Waals surface area contributed by atoms with Crippen LogP contribution in [0.1, 0.15) is 17.7 Å². The minimum absolute atomic E-state index is 0.515. The third-order valence-electron chi connectivity index (χ3n) is 8.36. The highest BCUT2D eigenvalue weighted by atomic mass is 15.2. The number of allylic oxidation sites excluding steroid dienone is 1. The molecule has 1 aliphatic rings. The van der Waals surface area contributed by atoms with E-state index in [-0.39, 0.29) is 0 Å². The van der Waals surface area contributed by atoms with Crippen molar-refractivity contribution in [3.8, 4) is 34.4 Å². The Labute approximate surface area is 252 Å². The lowest BCUT2D eigenvalue weighted by Gasteiger charge is -2.15. The molecule has 5 heterocycles. The van der Waals surface area contributed by atoms with Crippen LogP contribution >= 0.6 is 0 Å². The second-order valence-corrected chi connectivity index (χ2v) is 10.9. The number of aryl methyl sites for hydroxylation is 1. The lowest BCUT2D eigenvalue weighted by atomic mass is 10.0. The van der Waals surface area contributed by atoms with Gasteiger partial charge < -0.3 is 4.57 Å². The van der Waals surface area contributed by atoms with E-state index < -0.39 is 0 Å². The van der Waals surface area contributed by atoms with Crippen LogP contribution in [-0.4, -0.2) is 34.1 Å². The van der Waals surface area contributed by atoms with E-state index in [1.165, 1.54) is 16.6 Å². The SMILES string of the molecule is C1=Cc2c(c3ccccc3n2-c2ccnc3c4ncccc4n(-c4nc(-c5ccccc5)nc(-c5ccccc5)n4)c23)CC1. The molecule has 0 radical (unpaired) electrons. The molecule has 9 rings (SSSR count). The molecular weight excluding hydrogens is 542 g/mol. The number of hydrogen-bond donors (Lipinski definition) is 0. The third kappa shape index (κ3) is 3.72. The van der Waals surface area contributed by atoms with Gasteiger partial charge in [0, 0.05) is 34.6 Å². The fourth-order valence-corrected chi connectivity index (χ4v) is 6.45. The average molecular weight is 568 g/mol. The molecule has 0 amide bonds. The second-order valence-electron chi connectivity index (χ2n) is 10.9. The van der Waals surface area contributed by atoms with Gasteiger partial charge in [0.2, 0.25) is 5.95 Å². The number of aromatic nitrogens is 7. The van der Waals surface area contributed by atoms with Crippen LogP contribution in [0.2, 0.25) is 0 Å². The Bertz CT molecular complexity index is 2330. The summed E-state index contributed by atoms with van der Waals surface area (Å²) in [6.07, 6.45) is 10.2. The van der Waals surface area contributed by atoms with Crippen molar-refractivity contribution in [2.45, 2.75) is 12.8 Å². The van der Waals surface area contributed by atoms with E-state index in [0.29, 0.717) is 17.6 Å². The molecule has 1 aliphatic carbocycles. The molecule has 0 spiro atoms. The lowest BCUT2D eigenvalue weighted by Crippen LogP contribution is -2.09. The predicted octanol–water partition coefficient (Wildman–Crippen LogP) is 8.00. The highest BCUT2D eigenvalue weighted by molar-refractivity contribution is 6.08. The average Bonchev–Trinajstić information content (AvgIpc) is 3.62. The molecule has 0 aliphatic heterocycles. The van der Waals surface area contributed by atoms with E-state index in [9.17, 15) is 0 Å². The van der Waals surface area contributed by atoms with Crippen LogP contribution in [0.3, 0.4) is 0 Å². The number of para-hydroxylation sites is 1. The summed E-state index contributed by atoms with van der Waals surface area (Å²) in [5.74, 6) is 1.72. The highest BCUT2D eigenvalue weighted by Crippen LogP contribution is 2.38. The highest BCUT2D eigenvalue weighted by Gasteiger charge is 2.25. The summed E-state index contributed by atoms with van der Waals surface area (Å²) in [6.45, 7) is 0. The van der Waals surface area contributed by atoms with Crippen molar-refractivity contribution in [1.82, 2.24) is 34.1 Å². The van der Waals surface area contributed by atoms with Crippen LogP contribution in [0.4, 0.5) is 0 Å². The smallest absolute Gasteiger partial charge is 0.238 e. The van der Waals surface area contributed by atoms with E-state index in [4.69, 9.17) is 24.9 Å². The Hall–Kier alpha value is -5.95. The summed E-state index contributed by atoms with van der Waals surface area (Å²) in [5, 5.41) is 1.27. The first-order valence-corrected chi connectivity index (χ1v) is 14.8. The van der Waals surface area contributed by atoms with Gasteiger partial charge in [-0.25, -0.2) is 4.98 Å². The predicted molar refractivity (Wildman–Crippen MR) is 175 cm³/mol. The van der Waals surface area contributed by atoms with Gasteiger partial charge in [0.25, 0.3) is 0 Å². The molecule has 5 aromatic heterocycles. The van der Waals surface area contributed by atoms with Crippen molar-refractivity contribution in [2.75, 3.05) is 0 Å². The van der Waals surface area contributed by atoms with Gasteiger partial charge in [0.15, 0.2) is 11.6 Å². The zero-order chi connectivity index (χ0) is 29.0. The second kappa shape index (κ2) is 9.81. The number of fused-ring (bicyclic) bond motifs is 6. The number of rotatable bonds is 4. The van der Waals surface area contributed by atoms with Gasteiger partial charge in [-0.3, -0.25) is 14.5 Å². The molecule has 7 heteroatoms. The first-order valence-electron chi connectivity index (χ1n) is 14.8. The van der Waals surface area contributed by atoms with E-state index in [0.717, 1.165) is 57.2 Å². The summed E-state index contributed by atoms with van der Waals surface area (Å²) in [4.78, 5) is 24.9. The van der Waals surface area contributed by atoms with Gasteiger partial charge >= 0.3 is 0 Å². The zero-order valence-corrected chi connectivity index (χ0v) is 23.7. The maximum absolute atomic E-state index is 5.11. The molecule has 0 N–H and O–H groups in total. The fraction of sp³-hybridized carbons (Fsp3) is 0.0541. The van der Waals surface area contributed by atoms with Gasteiger partial charge in [-0.2, -0.15) is 9.97 Å². The van der Waals surface area contributed by atoms with Crippen molar-refractivity contribution in [1.29, 1.82) is 0 Å². The van der Waals surface area contributed by atoms with E-state index in [2.05, 4.69) is 57.7 Å². The normalized spacial score (nSPS) is 12.7. The van der Waals surface area contributed by atoms with Gasteiger partial charge in [-0.15, -0.1) is 0 Å². The maximum atomic E-state index is 5.11. The van der Waals surface area contributed by atoms with Gasteiger partial charge in [-0.1, -0.05) is 84.9 Å². The molecule has 44 heavy (non-hydrogen) atoms. The third-order valence-corrected chi connectivity index (χ3v) is 8.36. The maximum Gasteiger partial charge on any atom is 0.238 e. The van der Waals surface area contributed by atoms with Gasteiger partial charge in [-0.05, 0) is 48.7 Å². The lowest BCUT2D eigenvalue weighted by molar-refractivity contribution is 0.941. The molecular formula is C37H25N7. The van der Waals surface area contributed by atoms with Crippen LogP contribution in [0.5, 0.6) is 0 Å². The standard InChI is InChI=1S/C37H25N7/c1-3-12-24(13-4-1)35-40-36(25-14-5-2-6-15-25)42-37(41-35)44-30-20-11-22-38-32(30)33-34(44)31(21-23-39-33)43-28-18-9-7-16-26(28)27-17-8-10-19-29(27)43/h1-7,9-16,18-23H,8,17H2. The Kier molecular flexibility index (Phi) is 5.49. The Morgan fingerprint density at radius 2 is 1.25 bits per heavy atom. The number of hydrogen-bond acceptors (Lipinski definition) is 5. The minimum Gasteiger partial charge on any atom is -0.307 e. The molecule has 7 nitrogen and oxygen atoms in total. The number of nitrogens with zero attached hydrogens (tertiary/aromatic N) is 7. The first kappa shape index (κ1) is 24.6. The summed E-state index contributed by atoms with van der Waals surface area (Å²) < 4.78 is 4.46. The van der Waals surface area contributed by atoms with Crippen molar-refractivity contribution in [3.05, 3.63) is 133 Å². The van der Waals surface area contributed by atoms with Gasteiger partial charge in [0.1, 0.15) is 16.6 Å². The minimum atomic E-state index is 0.515. The first-order chi connectivity index (χ1) is 21.8. The summed E-state index contributed by atoms with van der Waals surface area (Å²) in [7, 11) is 0. The van der Waals surface area contributed by atoms with Crippen molar-refractivity contribution in [2.24, 2.45) is 0 Å². The van der Waals surface area contributed by atoms with Crippen molar-refractivity contribution in [3.63, 3.8) is 0 Å². The van der Waals surface area contributed by atoms with Crippen molar-refractivity contribution < 1.29 is 0 Å². The molecule has 0 saturated carbocycles. The summed E-state index contributed by atoms with van der Waals surface area (Å²) in [5.41, 5.74) is 9.93. The molecule has 8 aromatic rings. The van der Waals surface area contributed by atoms with Crippen LogP contribution in [0.15, 0.2) is 122 Å². The van der Waals surface area contributed by atoms with Gasteiger partial charge in [0.05, 0.1) is 16.7 Å². The van der Waals surface area contributed by atoms with Crippen LogP contribution < -0.4 is 0 Å². The molecule has 3 aromatic carbocycles. The van der Waals surface area contributed by atoms with E-state index in [1.54, 1.807) is 0 Å². The molecule has 0 saturated heterocycles. The van der Waals surface area contributed by atoms with E-state index >= 15 is 0 Å². The quantitative estimate of drug-likeness (QED) is 0.215. The Morgan fingerprint density at radius 3 is 2.02 bits per heavy atom. The Balaban J connectivity index is 1.42. The van der Waals surface area contributed by atoms with Crippen LogP contribution in [-0.2, 0) is 6.42 Å². The monoisotopic (exact) mass is 567 g/mol. The fourth-order valence-electron chi connectivity index (χ4n) is 6.45. The molecule has 0 fully saturated rings. The molecule has 208 valence electrons. The summed E-state index contributed by atoms with van der Waals surface area (Å²) in [6, 6.07) is 34.9. The van der Waals surface area contributed by atoms with Crippen LogP contribution in [0.25, 0.3) is 73.5 Å². The largest absolute Gasteiger partial charge is 0.307 e. The summed E-state index contributed by atoms with van der Waals surface area (Å²) >= 11 is 0.